The number of fused-ring (bicyclic) bond motifs is 2. The van der Waals surface area contributed by atoms with Gasteiger partial charge < -0.3 is 40.2 Å². The molecule has 7 rings (SSSR count). The molecule has 59 heavy (non-hydrogen) atoms. The zero-order chi connectivity index (χ0) is 41.8. The number of likely N-dealkylation sites (tertiary alicyclic amines) is 1. The maximum Gasteiger partial charge on any atom is 0.407 e. The first-order valence-corrected chi connectivity index (χ1v) is 23.5. The molecule has 0 radical (unpaired) electrons. The number of rotatable bonds is 17. The van der Waals surface area contributed by atoms with Gasteiger partial charge in [0.1, 0.15) is 17.7 Å². The van der Waals surface area contributed by atoms with Gasteiger partial charge >= 0.3 is 6.09 Å². The Morgan fingerprint density at radius 3 is 2.41 bits per heavy atom. The zero-order valence-corrected chi connectivity index (χ0v) is 36.1. The molecule has 13 nitrogen and oxygen atoms in total. The average Bonchev–Trinajstić information content (AvgIpc) is 3.99. The number of nitrogens with one attached hydrogen (secondary N) is 3. The van der Waals surface area contributed by atoms with Crippen LogP contribution in [-0.4, -0.2) is 122 Å². The second-order valence-corrected chi connectivity index (χ2v) is 20.5. The van der Waals surface area contributed by atoms with Crippen LogP contribution in [0.1, 0.15) is 71.8 Å². The summed E-state index contributed by atoms with van der Waals surface area (Å²) >= 11 is 1.41. The lowest BCUT2D eigenvalue weighted by Crippen LogP contribution is -2.52. The van der Waals surface area contributed by atoms with E-state index in [0.717, 1.165) is 55.8 Å². The van der Waals surface area contributed by atoms with Gasteiger partial charge in [-0.15, -0.1) is 0 Å². The molecule has 0 spiro atoms. The average molecular weight is 863 g/mol. The van der Waals surface area contributed by atoms with Crippen molar-refractivity contribution in [2.45, 2.75) is 120 Å². The van der Waals surface area contributed by atoms with Crippen LogP contribution < -0.4 is 16.0 Å². The van der Waals surface area contributed by atoms with Crippen LogP contribution in [0.4, 0.5) is 18.7 Å². The van der Waals surface area contributed by atoms with Crippen molar-refractivity contribution in [2.24, 2.45) is 17.8 Å². The lowest BCUT2D eigenvalue weighted by molar-refractivity contribution is -0.0908. The smallest absolute Gasteiger partial charge is 0.407 e. The molecule has 326 valence electrons. The molecule has 17 heteroatoms. The fourth-order valence-corrected chi connectivity index (χ4v) is 11.6. The minimum atomic E-state index is -4.18. The first kappa shape index (κ1) is 44.0. The van der Waals surface area contributed by atoms with Crippen LogP contribution in [-0.2, 0) is 30.7 Å². The third-order valence-electron chi connectivity index (χ3n) is 11.9. The van der Waals surface area contributed by atoms with Crippen molar-refractivity contribution >= 4 is 42.8 Å². The van der Waals surface area contributed by atoms with E-state index in [2.05, 4.69) is 34.7 Å². The molecular formula is C42H60F2N6O7S2. The number of benzene rings is 2. The SMILES string of the molecule is CC(C)CN[C@H]1CO[C@@H]2OC[C@H](OC(=O)N[C@@H](Cc3cc(F)cc(F)c3)[C@H](O)CN(CC(C)C)S(=O)(=O)c3ccc4nc(NC5CCN(C6CCCC6)CC5)sc4c3)[C@@H]21. The third-order valence-corrected chi connectivity index (χ3v) is 14.7. The number of hydrogen-bond acceptors (Lipinski definition) is 12. The van der Waals surface area contributed by atoms with Crippen molar-refractivity contribution in [3.63, 3.8) is 0 Å². The van der Waals surface area contributed by atoms with Gasteiger partial charge in [-0.25, -0.2) is 27.0 Å². The van der Waals surface area contributed by atoms with E-state index in [4.69, 9.17) is 19.2 Å². The molecule has 3 aromatic rings. The van der Waals surface area contributed by atoms with Crippen LogP contribution in [0.2, 0.25) is 0 Å². The molecule has 3 aliphatic heterocycles. The first-order valence-electron chi connectivity index (χ1n) is 21.2. The summed E-state index contributed by atoms with van der Waals surface area (Å²) in [7, 11) is -4.18. The van der Waals surface area contributed by atoms with Gasteiger partial charge in [0, 0.05) is 50.4 Å². The minimum absolute atomic E-state index is 0.0456. The number of nitrogens with zero attached hydrogens (tertiary/aromatic N) is 3. The van der Waals surface area contributed by atoms with Crippen molar-refractivity contribution in [1.82, 2.24) is 24.8 Å². The highest BCUT2D eigenvalue weighted by Crippen LogP contribution is 2.35. The highest BCUT2D eigenvalue weighted by Gasteiger charge is 2.50. The summed E-state index contributed by atoms with van der Waals surface area (Å²) in [5.41, 5.74) is 0.849. The van der Waals surface area contributed by atoms with E-state index in [0.29, 0.717) is 34.8 Å². The van der Waals surface area contributed by atoms with Crippen LogP contribution in [0.3, 0.4) is 0 Å². The number of carbonyl (C=O) groups is 1. The molecule has 4 heterocycles. The number of hydrogen-bond donors (Lipinski definition) is 4. The van der Waals surface area contributed by atoms with Gasteiger partial charge in [-0.3, -0.25) is 0 Å². The second-order valence-electron chi connectivity index (χ2n) is 17.5. The van der Waals surface area contributed by atoms with Crippen LogP contribution in [0.5, 0.6) is 0 Å². The van der Waals surface area contributed by atoms with E-state index in [9.17, 15) is 27.1 Å². The van der Waals surface area contributed by atoms with Crippen LogP contribution >= 0.6 is 11.3 Å². The Kier molecular flexibility index (Phi) is 14.4. The summed E-state index contributed by atoms with van der Waals surface area (Å²) in [6.07, 6.45) is 3.48. The van der Waals surface area contributed by atoms with Gasteiger partial charge in [0.05, 0.1) is 46.4 Å². The van der Waals surface area contributed by atoms with Crippen molar-refractivity contribution in [3.8, 4) is 0 Å². The minimum Gasteiger partial charge on any atom is -0.443 e. The van der Waals surface area contributed by atoms with Gasteiger partial charge in [-0.05, 0) is 86.4 Å². The van der Waals surface area contributed by atoms with Gasteiger partial charge in [0.25, 0.3) is 0 Å². The van der Waals surface area contributed by atoms with Crippen LogP contribution in [0.15, 0.2) is 41.3 Å². The second kappa shape index (κ2) is 19.3. The summed E-state index contributed by atoms with van der Waals surface area (Å²) in [6.45, 7) is 10.9. The molecule has 1 aliphatic carbocycles. The number of halogens is 2. The molecular weight excluding hydrogens is 803 g/mol. The summed E-state index contributed by atoms with van der Waals surface area (Å²) in [5, 5.41) is 22.3. The summed E-state index contributed by atoms with van der Waals surface area (Å²) < 4.78 is 76.8. The number of sulfonamides is 1. The molecule has 3 saturated heterocycles. The lowest BCUT2D eigenvalue weighted by Gasteiger charge is -2.36. The Balaban J connectivity index is 1.05. The third kappa shape index (κ3) is 11.1. The number of aliphatic hydroxyl groups excluding tert-OH is 1. The Morgan fingerprint density at radius 1 is 1.00 bits per heavy atom. The highest BCUT2D eigenvalue weighted by atomic mass is 32.2. The van der Waals surface area contributed by atoms with E-state index >= 15 is 0 Å². The maximum absolute atomic E-state index is 14.4. The number of aromatic nitrogens is 1. The Morgan fingerprint density at radius 2 is 1.71 bits per heavy atom. The quantitative estimate of drug-likeness (QED) is 0.132. The van der Waals surface area contributed by atoms with Gasteiger partial charge in [-0.1, -0.05) is 51.9 Å². The van der Waals surface area contributed by atoms with Crippen molar-refractivity contribution in [3.05, 3.63) is 53.6 Å². The lowest BCUT2D eigenvalue weighted by atomic mass is 9.97. The molecule has 1 amide bonds. The molecule has 4 N–H and O–H groups in total. The Bertz CT molecular complexity index is 1970. The molecule has 0 bridgehead atoms. The normalized spacial score (nSPS) is 24.4. The zero-order valence-electron chi connectivity index (χ0n) is 34.4. The monoisotopic (exact) mass is 862 g/mol. The molecule has 2 aromatic carbocycles. The fraction of sp³-hybridized carbons (Fsp3) is 0.667. The summed E-state index contributed by atoms with van der Waals surface area (Å²) in [4.78, 5) is 21.0. The standard InChI is InChI=1S/C42H60F2N6O7S2/c1-25(2)20-45-35-23-55-40-39(35)37(24-56-40)57-42(52)48-34(17-27-15-28(43)18-29(44)16-27)36(51)22-50(21-26(3)4)59(53,54)32-9-10-33-38(19-32)58-41(47-33)46-30-11-13-49(14-12-30)31-7-5-6-8-31/h9-10,15-16,18-19,25-26,30-31,34-37,39-40,45,51H,5-8,11-14,17,20-24H2,1-4H3,(H,46,47)(H,48,52)/t34-,35-,36+,37-,39-,40+/m0/s1. The van der Waals surface area contributed by atoms with Crippen molar-refractivity contribution < 1.29 is 41.3 Å². The molecule has 1 aromatic heterocycles. The number of ether oxygens (including phenoxy) is 3. The van der Waals surface area contributed by atoms with E-state index in [1.807, 2.05) is 13.8 Å². The van der Waals surface area contributed by atoms with Gasteiger partial charge in [0.2, 0.25) is 10.0 Å². The number of thiazole rings is 1. The largest absolute Gasteiger partial charge is 0.443 e. The van der Waals surface area contributed by atoms with E-state index in [1.54, 1.807) is 12.1 Å². The molecule has 6 atom stereocenters. The Hall–Kier alpha value is -3.03. The highest BCUT2D eigenvalue weighted by molar-refractivity contribution is 7.89. The number of anilines is 1. The predicted molar refractivity (Wildman–Crippen MR) is 223 cm³/mol. The summed E-state index contributed by atoms with van der Waals surface area (Å²) in [5.74, 6) is -1.66. The predicted octanol–water partition coefficient (Wildman–Crippen LogP) is 5.72. The molecule has 4 aliphatic rings. The fourth-order valence-electron chi connectivity index (χ4n) is 8.93. The van der Waals surface area contributed by atoms with Crippen molar-refractivity contribution in [2.75, 3.05) is 51.3 Å². The molecule has 4 fully saturated rings. The van der Waals surface area contributed by atoms with Gasteiger partial charge in [-0.2, -0.15) is 4.31 Å². The van der Waals surface area contributed by atoms with Crippen molar-refractivity contribution in [1.29, 1.82) is 0 Å². The molecule has 0 unspecified atom stereocenters. The molecule has 1 saturated carbocycles. The van der Waals surface area contributed by atoms with E-state index < -0.39 is 58.8 Å². The number of piperidine rings is 1. The van der Waals surface area contributed by atoms with E-state index in [-0.39, 0.29) is 47.9 Å². The number of aliphatic hydroxyl groups is 1. The summed E-state index contributed by atoms with van der Waals surface area (Å²) in [6, 6.07) is 7.51. The Labute approximate surface area is 350 Å². The maximum atomic E-state index is 14.4. The van der Waals surface area contributed by atoms with E-state index in [1.165, 1.54) is 47.4 Å². The number of amides is 1. The topological polar surface area (TPSA) is 155 Å². The number of alkyl carbamates (subject to hydrolysis) is 1. The van der Waals surface area contributed by atoms with Gasteiger partial charge in [0.15, 0.2) is 11.4 Å². The van der Waals surface area contributed by atoms with Crippen LogP contribution in [0.25, 0.3) is 10.2 Å². The van der Waals surface area contributed by atoms with Crippen LogP contribution in [0, 0.1) is 29.4 Å². The number of carbonyl (C=O) groups excluding carboxylic acids is 1. The first-order chi connectivity index (χ1) is 28.2.